The van der Waals surface area contributed by atoms with Gasteiger partial charge in [-0.05, 0) is 16.9 Å². The first-order chi connectivity index (χ1) is 10.7. The molecule has 22 heavy (non-hydrogen) atoms. The van der Waals surface area contributed by atoms with E-state index in [0.29, 0.717) is 11.4 Å². The molecule has 0 amide bonds. The Labute approximate surface area is 136 Å². The zero-order valence-corrected chi connectivity index (χ0v) is 13.7. The van der Waals surface area contributed by atoms with Crippen LogP contribution in [0.4, 0.5) is 0 Å². The lowest BCUT2D eigenvalue weighted by atomic mass is 10.1. The molecule has 1 aliphatic rings. The zero-order valence-electron chi connectivity index (χ0n) is 11.8. The molecule has 0 saturated carbocycles. The van der Waals surface area contributed by atoms with Gasteiger partial charge in [0.15, 0.2) is 0 Å². The molecule has 0 spiro atoms. The number of fused-ring (bicyclic) bond motifs is 3. The Morgan fingerprint density at radius 2 is 1.77 bits per heavy atom. The van der Waals surface area contributed by atoms with Crippen molar-refractivity contribution >= 4 is 42.8 Å². The Morgan fingerprint density at radius 3 is 2.55 bits per heavy atom. The van der Waals surface area contributed by atoms with E-state index in [0.717, 1.165) is 33.2 Å². The lowest BCUT2D eigenvalue weighted by Gasteiger charge is -2.10. The second kappa shape index (κ2) is 5.24. The molecule has 110 valence electrons. The number of hydrogen-bond acceptors (Lipinski definition) is 1. The number of aliphatic hydroxyl groups is 1. The van der Waals surface area contributed by atoms with Crippen LogP contribution >= 0.6 is 20.8 Å². The topological polar surface area (TPSA) is 25.2 Å². The van der Waals surface area contributed by atoms with E-state index < -0.39 is 6.10 Å². The van der Waals surface area contributed by atoms with Crippen molar-refractivity contribution in [1.29, 1.82) is 0 Å². The van der Waals surface area contributed by atoms with Crippen LogP contribution in [0.1, 0.15) is 23.8 Å². The highest BCUT2D eigenvalue weighted by Gasteiger charge is 2.32. The minimum atomic E-state index is -0.561. The molecule has 2 heterocycles. The van der Waals surface area contributed by atoms with E-state index >= 15 is 0 Å². The number of halogens is 1. The van der Waals surface area contributed by atoms with Gasteiger partial charge in [-0.15, -0.1) is 9.24 Å². The molecule has 0 fully saturated rings. The molecular formula is C18H15ClNOP. The number of hydrogen-bond donors (Lipinski definition) is 1. The molecule has 4 heteroatoms. The summed E-state index contributed by atoms with van der Waals surface area (Å²) in [4.78, 5) is 0. The summed E-state index contributed by atoms with van der Waals surface area (Å²) in [6, 6.07) is 18.2. The van der Waals surface area contributed by atoms with Crippen molar-refractivity contribution in [2.45, 2.75) is 12.5 Å². The summed E-state index contributed by atoms with van der Waals surface area (Å²) in [5, 5.41) is 13.2. The van der Waals surface area contributed by atoms with Crippen molar-refractivity contribution < 1.29 is 5.11 Å². The van der Waals surface area contributed by atoms with Crippen molar-refractivity contribution in [3.8, 4) is 0 Å². The van der Waals surface area contributed by atoms with Gasteiger partial charge in [0.2, 0.25) is 0 Å². The van der Waals surface area contributed by atoms with Gasteiger partial charge in [-0.2, -0.15) is 0 Å². The third kappa shape index (κ3) is 1.95. The summed E-state index contributed by atoms with van der Waals surface area (Å²) in [5.74, 6) is 0. The number of para-hydroxylation sites is 1. The van der Waals surface area contributed by atoms with Crippen molar-refractivity contribution in [2.75, 3.05) is 0 Å². The van der Waals surface area contributed by atoms with Crippen LogP contribution < -0.4 is 0 Å². The third-order valence-corrected chi connectivity index (χ3v) is 5.28. The van der Waals surface area contributed by atoms with Crippen molar-refractivity contribution in [1.82, 2.24) is 4.57 Å². The number of benzene rings is 2. The second-order valence-electron chi connectivity index (χ2n) is 5.50. The van der Waals surface area contributed by atoms with Crippen LogP contribution in [0.3, 0.4) is 0 Å². The van der Waals surface area contributed by atoms with E-state index in [1.807, 2.05) is 42.5 Å². The number of nitrogens with zero attached hydrogens (tertiary/aromatic N) is 1. The molecule has 2 aromatic carbocycles. The van der Waals surface area contributed by atoms with Crippen LogP contribution in [0.25, 0.3) is 21.9 Å². The van der Waals surface area contributed by atoms with Gasteiger partial charge in [-0.25, -0.2) is 0 Å². The fourth-order valence-electron chi connectivity index (χ4n) is 3.19. The van der Waals surface area contributed by atoms with Gasteiger partial charge in [-0.3, -0.25) is 0 Å². The Kier molecular flexibility index (Phi) is 3.34. The Hall–Kier alpha value is -1.60. The maximum absolute atomic E-state index is 10.5. The highest BCUT2D eigenvalue weighted by molar-refractivity contribution is 7.32. The van der Waals surface area contributed by atoms with E-state index in [1.165, 1.54) is 0 Å². The second-order valence-corrected chi connectivity index (χ2v) is 6.45. The molecule has 2 nitrogen and oxygen atoms in total. The van der Waals surface area contributed by atoms with E-state index in [1.54, 1.807) is 0 Å². The minimum Gasteiger partial charge on any atom is -0.386 e. The standard InChI is InChI=1S/C18H15ClNOP/c19-16-12-8-4-5-9-13(12)20-14(10-15(21)17(16)20)18(22)11-6-2-1-3-7-11/h1-9,15,21H,10,22H2/b18-14+. The Balaban J connectivity index is 2.03. The first-order valence-corrected chi connectivity index (χ1v) is 8.15. The van der Waals surface area contributed by atoms with Gasteiger partial charge in [0, 0.05) is 17.5 Å². The molecule has 4 rings (SSSR count). The fraction of sp³-hybridized carbons (Fsp3) is 0.111. The summed E-state index contributed by atoms with van der Waals surface area (Å²) in [6.45, 7) is 0. The normalized spacial score (nSPS) is 19.5. The molecule has 1 aliphatic heterocycles. The summed E-state index contributed by atoms with van der Waals surface area (Å²) in [6.07, 6.45) is 0.0160. The third-order valence-electron chi connectivity index (χ3n) is 4.22. The molecule has 2 atom stereocenters. The van der Waals surface area contributed by atoms with Gasteiger partial charge < -0.3 is 9.67 Å². The largest absolute Gasteiger partial charge is 0.386 e. The molecule has 0 aliphatic carbocycles. The van der Waals surface area contributed by atoms with E-state index in [-0.39, 0.29) is 0 Å². The highest BCUT2D eigenvalue weighted by Crippen LogP contribution is 2.47. The minimum absolute atomic E-state index is 0.561. The van der Waals surface area contributed by atoms with Gasteiger partial charge >= 0.3 is 0 Å². The average molecular weight is 328 g/mol. The van der Waals surface area contributed by atoms with Crippen LogP contribution in [0.5, 0.6) is 0 Å². The van der Waals surface area contributed by atoms with E-state index in [9.17, 15) is 5.11 Å². The summed E-state index contributed by atoms with van der Waals surface area (Å²) in [5.41, 5.74) is 4.07. The maximum atomic E-state index is 10.5. The zero-order chi connectivity index (χ0) is 15.3. The molecule has 1 aromatic heterocycles. The summed E-state index contributed by atoms with van der Waals surface area (Å²) >= 11 is 6.50. The monoisotopic (exact) mass is 327 g/mol. The van der Waals surface area contributed by atoms with Crippen LogP contribution in [0.15, 0.2) is 54.6 Å². The fourth-order valence-corrected chi connectivity index (χ4v) is 4.00. The molecule has 0 saturated heterocycles. The van der Waals surface area contributed by atoms with Crippen LogP contribution in [-0.4, -0.2) is 9.67 Å². The quantitative estimate of drug-likeness (QED) is 0.630. The average Bonchev–Trinajstić information content (AvgIpc) is 3.05. The van der Waals surface area contributed by atoms with E-state index in [2.05, 4.69) is 25.9 Å². The first kappa shape index (κ1) is 14.0. The van der Waals surface area contributed by atoms with Crippen LogP contribution in [0.2, 0.25) is 5.02 Å². The van der Waals surface area contributed by atoms with Gasteiger partial charge in [0.25, 0.3) is 0 Å². The molecule has 0 radical (unpaired) electrons. The predicted octanol–water partition coefficient (Wildman–Crippen LogP) is 4.93. The summed E-state index contributed by atoms with van der Waals surface area (Å²) < 4.78 is 2.11. The first-order valence-electron chi connectivity index (χ1n) is 7.20. The maximum Gasteiger partial charge on any atom is 0.101 e. The molecular weight excluding hydrogens is 313 g/mol. The molecule has 0 bridgehead atoms. The molecule has 2 unspecified atom stereocenters. The van der Waals surface area contributed by atoms with Crippen LogP contribution in [-0.2, 0) is 0 Å². The lowest BCUT2D eigenvalue weighted by molar-refractivity contribution is 0.189. The van der Waals surface area contributed by atoms with Crippen molar-refractivity contribution in [3.05, 3.63) is 70.9 Å². The number of aromatic nitrogens is 1. The smallest absolute Gasteiger partial charge is 0.101 e. The Morgan fingerprint density at radius 1 is 1.09 bits per heavy atom. The van der Waals surface area contributed by atoms with Gasteiger partial charge in [-0.1, -0.05) is 60.1 Å². The summed E-state index contributed by atoms with van der Waals surface area (Å²) in [7, 11) is 2.82. The highest BCUT2D eigenvalue weighted by atomic mass is 35.5. The van der Waals surface area contributed by atoms with Crippen LogP contribution in [0, 0.1) is 0 Å². The van der Waals surface area contributed by atoms with Crippen molar-refractivity contribution in [3.63, 3.8) is 0 Å². The van der Waals surface area contributed by atoms with Gasteiger partial charge in [0.1, 0.15) is 6.10 Å². The molecule has 1 N–H and O–H groups in total. The van der Waals surface area contributed by atoms with E-state index in [4.69, 9.17) is 11.6 Å². The SMILES string of the molecule is OC1C/C(=C(\P)c2ccccc2)n2c1c(Cl)c1ccccc12. The van der Waals surface area contributed by atoms with Gasteiger partial charge in [0.05, 0.1) is 16.2 Å². The molecule has 3 aromatic rings. The van der Waals surface area contributed by atoms with Crippen molar-refractivity contribution in [2.24, 2.45) is 0 Å². The predicted molar refractivity (Wildman–Crippen MR) is 95.8 cm³/mol. The Bertz CT molecular complexity index is 898. The number of rotatable bonds is 1. The number of aliphatic hydroxyl groups excluding tert-OH is 1. The lowest BCUT2D eigenvalue weighted by Crippen LogP contribution is -1.94.